The van der Waals surface area contributed by atoms with Gasteiger partial charge in [-0.2, -0.15) is 5.10 Å². The van der Waals surface area contributed by atoms with Gasteiger partial charge in [-0.15, -0.1) is 11.3 Å². The van der Waals surface area contributed by atoms with E-state index in [4.69, 9.17) is 0 Å². The van der Waals surface area contributed by atoms with Crippen LogP contribution in [0.5, 0.6) is 0 Å². The molecule has 2 heterocycles. The van der Waals surface area contributed by atoms with E-state index in [9.17, 15) is 9.18 Å². The predicted molar refractivity (Wildman–Crippen MR) is 120 cm³/mol. The summed E-state index contributed by atoms with van der Waals surface area (Å²) in [6, 6.07) is 15.9. The average Bonchev–Trinajstić information content (AvgIpc) is 3.30. The van der Waals surface area contributed by atoms with Crippen LogP contribution in [-0.2, 0) is 17.8 Å². The number of carbonyl (C=O) groups excluding carboxylic acids is 1. The molecule has 8 heteroatoms. The number of thiazole rings is 1. The number of aromatic nitrogens is 3. The van der Waals surface area contributed by atoms with Crippen molar-refractivity contribution in [1.29, 1.82) is 0 Å². The van der Waals surface area contributed by atoms with E-state index in [-0.39, 0.29) is 18.1 Å². The number of rotatable bonds is 6. The van der Waals surface area contributed by atoms with Crippen LogP contribution in [0.4, 0.5) is 10.2 Å². The molecule has 0 aliphatic heterocycles. The summed E-state index contributed by atoms with van der Waals surface area (Å²) in [6.45, 7) is 2.45. The molecule has 0 atom stereocenters. The fourth-order valence-electron chi connectivity index (χ4n) is 3.08. The summed E-state index contributed by atoms with van der Waals surface area (Å²) in [4.78, 5) is 18.1. The van der Waals surface area contributed by atoms with Crippen LogP contribution in [0.1, 0.15) is 15.4 Å². The second-order valence-corrected chi connectivity index (χ2v) is 8.94. The summed E-state index contributed by atoms with van der Waals surface area (Å²) in [6.07, 6.45) is 1.84. The normalized spacial score (nSPS) is 10.9. The molecular weight excluding hydrogens is 467 g/mol. The lowest BCUT2D eigenvalue weighted by atomic mass is 10.1. The monoisotopic (exact) mass is 484 g/mol. The number of benzene rings is 2. The second-order valence-electron chi connectivity index (χ2n) is 6.74. The molecule has 0 saturated heterocycles. The minimum Gasteiger partial charge on any atom is -0.311 e. The molecule has 2 aromatic heterocycles. The zero-order valence-corrected chi connectivity index (χ0v) is 18.5. The van der Waals surface area contributed by atoms with Gasteiger partial charge in [-0.1, -0.05) is 28.1 Å². The van der Waals surface area contributed by atoms with Crippen LogP contribution in [-0.4, -0.2) is 20.7 Å². The van der Waals surface area contributed by atoms with Crippen LogP contribution in [0.25, 0.3) is 11.3 Å². The summed E-state index contributed by atoms with van der Waals surface area (Å²) >= 11 is 4.90. The van der Waals surface area contributed by atoms with E-state index < -0.39 is 0 Å². The fourth-order valence-corrected chi connectivity index (χ4v) is 4.30. The Hall–Kier alpha value is -2.84. The third-order valence-corrected chi connectivity index (χ3v) is 5.97. The zero-order chi connectivity index (χ0) is 21.1. The van der Waals surface area contributed by atoms with Gasteiger partial charge in [0.1, 0.15) is 11.6 Å². The maximum Gasteiger partial charge on any atom is 0.230 e. The molecule has 0 spiro atoms. The number of nitrogens with one attached hydrogen (secondary N) is 1. The van der Waals surface area contributed by atoms with E-state index in [2.05, 4.69) is 31.3 Å². The molecule has 0 bridgehead atoms. The van der Waals surface area contributed by atoms with Crippen molar-refractivity contribution >= 4 is 39.0 Å². The largest absolute Gasteiger partial charge is 0.311 e. The lowest BCUT2D eigenvalue weighted by Gasteiger charge is -2.09. The van der Waals surface area contributed by atoms with E-state index in [1.165, 1.54) is 23.5 Å². The van der Waals surface area contributed by atoms with Crippen molar-refractivity contribution in [2.24, 2.45) is 0 Å². The maximum absolute atomic E-state index is 13.3. The molecule has 0 unspecified atom stereocenters. The number of anilines is 1. The molecule has 30 heavy (non-hydrogen) atoms. The van der Waals surface area contributed by atoms with Gasteiger partial charge >= 0.3 is 0 Å². The Morgan fingerprint density at radius 1 is 1.13 bits per heavy atom. The quantitative estimate of drug-likeness (QED) is 0.396. The van der Waals surface area contributed by atoms with E-state index in [1.807, 2.05) is 31.2 Å². The molecule has 4 rings (SSSR count). The number of carbonyl (C=O) groups is 1. The molecule has 0 saturated carbocycles. The lowest BCUT2D eigenvalue weighted by Crippen LogP contribution is -2.18. The SMILES string of the molecule is Cc1nc(-c2ccc(F)cc2)c(CC(=O)Nc2ccnn2Cc2ccc(Br)cc2)s1. The first-order valence-corrected chi connectivity index (χ1v) is 10.9. The van der Waals surface area contributed by atoms with Crippen LogP contribution >= 0.6 is 27.3 Å². The Labute approximate surface area is 185 Å². The maximum atomic E-state index is 13.3. The number of hydrogen-bond acceptors (Lipinski definition) is 4. The first-order valence-electron chi connectivity index (χ1n) is 9.26. The number of aryl methyl sites for hydroxylation is 1. The van der Waals surface area contributed by atoms with E-state index in [0.717, 1.165) is 31.2 Å². The highest BCUT2D eigenvalue weighted by Crippen LogP contribution is 2.29. The highest BCUT2D eigenvalue weighted by atomic mass is 79.9. The Morgan fingerprint density at radius 3 is 2.60 bits per heavy atom. The summed E-state index contributed by atoms with van der Waals surface area (Å²) in [7, 11) is 0. The van der Waals surface area contributed by atoms with Gasteiger partial charge < -0.3 is 5.32 Å². The van der Waals surface area contributed by atoms with E-state index in [1.54, 1.807) is 29.1 Å². The summed E-state index contributed by atoms with van der Waals surface area (Å²) < 4.78 is 16.0. The van der Waals surface area contributed by atoms with Crippen LogP contribution < -0.4 is 5.32 Å². The molecular formula is C22H18BrFN4OS. The molecule has 1 amide bonds. The van der Waals surface area contributed by atoms with Gasteiger partial charge in [0.25, 0.3) is 0 Å². The molecule has 5 nitrogen and oxygen atoms in total. The molecule has 1 N–H and O–H groups in total. The van der Waals surface area contributed by atoms with Gasteiger partial charge in [-0.05, 0) is 48.9 Å². The van der Waals surface area contributed by atoms with Crippen molar-refractivity contribution in [3.8, 4) is 11.3 Å². The zero-order valence-electron chi connectivity index (χ0n) is 16.1. The van der Waals surface area contributed by atoms with Crippen LogP contribution in [0.2, 0.25) is 0 Å². The molecule has 0 aliphatic rings. The highest BCUT2D eigenvalue weighted by molar-refractivity contribution is 9.10. The van der Waals surface area contributed by atoms with Crippen molar-refractivity contribution in [2.45, 2.75) is 19.9 Å². The summed E-state index contributed by atoms with van der Waals surface area (Å²) in [5.74, 6) is 0.177. The van der Waals surface area contributed by atoms with Crippen molar-refractivity contribution in [3.63, 3.8) is 0 Å². The van der Waals surface area contributed by atoms with Gasteiger partial charge in [0, 0.05) is 21.0 Å². The Bertz CT molecular complexity index is 1170. The van der Waals surface area contributed by atoms with Gasteiger partial charge in [-0.25, -0.2) is 14.1 Å². The Balaban J connectivity index is 1.48. The van der Waals surface area contributed by atoms with E-state index in [0.29, 0.717) is 12.4 Å². The third kappa shape index (κ3) is 4.83. The Morgan fingerprint density at radius 2 is 1.87 bits per heavy atom. The Kier molecular flexibility index (Phi) is 6.06. The van der Waals surface area contributed by atoms with Gasteiger partial charge in [0.05, 0.1) is 29.9 Å². The first kappa shape index (κ1) is 20.4. The van der Waals surface area contributed by atoms with Gasteiger partial charge in [0.15, 0.2) is 0 Å². The summed E-state index contributed by atoms with van der Waals surface area (Å²) in [5.41, 5.74) is 2.59. The van der Waals surface area contributed by atoms with Crippen LogP contribution in [0.15, 0.2) is 65.3 Å². The summed E-state index contributed by atoms with van der Waals surface area (Å²) in [5, 5.41) is 8.11. The number of halogens is 2. The van der Waals surface area contributed by atoms with Crippen molar-refractivity contribution in [2.75, 3.05) is 5.32 Å². The molecule has 2 aromatic carbocycles. The van der Waals surface area contributed by atoms with Gasteiger partial charge in [-0.3, -0.25) is 4.79 Å². The third-order valence-electron chi connectivity index (χ3n) is 4.47. The first-order chi connectivity index (χ1) is 14.5. The topological polar surface area (TPSA) is 59.8 Å². The molecule has 0 aliphatic carbocycles. The minimum absolute atomic E-state index is 0.153. The fraction of sp³-hybridized carbons (Fsp3) is 0.136. The molecule has 0 radical (unpaired) electrons. The van der Waals surface area contributed by atoms with E-state index >= 15 is 0 Å². The average molecular weight is 485 g/mol. The second kappa shape index (κ2) is 8.89. The standard InChI is InChI=1S/C22H18BrFN4OS/c1-14-26-22(16-4-8-18(24)9-5-16)19(30-14)12-21(29)27-20-10-11-25-28(20)13-15-2-6-17(23)7-3-15/h2-11H,12-13H2,1H3,(H,27,29). The smallest absolute Gasteiger partial charge is 0.230 e. The lowest BCUT2D eigenvalue weighted by molar-refractivity contribution is -0.115. The molecule has 152 valence electrons. The van der Waals surface area contributed by atoms with Crippen LogP contribution in [0, 0.1) is 12.7 Å². The van der Waals surface area contributed by atoms with Crippen molar-refractivity contribution in [1.82, 2.24) is 14.8 Å². The molecule has 4 aromatic rings. The number of nitrogens with zero attached hydrogens (tertiary/aromatic N) is 3. The van der Waals surface area contributed by atoms with Gasteiger partial charge in [0.2, 0.25) is 5.91 Å². The minimum atomic E-state index is -0.302. The van der Waals surface area contributed by atoms with Crippen molar-refractivity contribution in [3.05, 3.63) is 86.5 Å². The number of hydrogen-bond donors (Lipinski definition) is 1. The number of amides is 1. The van der Waals surface area contributed by atoms with Crippen molar-refractivity contribution < 1.29 is 9.18 Å². The predicted octanol–water partition coefficient (Wildman–Crippen LogP) is 5.45. The molecule has 0 fully saturated rings. The van der Waals surface area contributed by atoms with Crippen LogP contribution in [0.3, 0.4) is 0 Å². The highest BCUT2D eigenvalue weighted by Gasteiger charge is 2.16.